The summed E-state index contributed by atoms with van der Waals surface area (Å²) in [5.41, 5.74) is 0.865. The fourth-order valence-corrected chi connectivity index (χ4v) is 1.81. The molecule has 0 bridgehead atoms. The number of nitrogens with zero attached hydrogens (tertiary/aromatic N) is 1. The van der Waals surface area contributed by atoms with Gasteiger partial charge in [0, 0.05) is 18.0 Å². The smallest absolute Gasteiger partial charge is 0.264 e. The van der Waals surface area contributed by atoms with Crippen molar-refractivity contribution in [2.75, 3.05) is 0 Å². The molecule has 0 aromatic heterocycles. The quantitative estimate of drug-likeness (QED) is 0.906. The summed E-state index contributed by atoms with van der Waals surface area (Å²) in [6, 6.07) is 6.43. The fraction of sp³-hybridized carbons (Fsp3) is 0.429. The van der Waals surface area contributed by atoms with Gasteiger partial charge in [-0.05, 0) is 19.4 Å². The molecule has 0 unspecified atom stereocenters. The van der Waals surface area contributed by atoms with Gasteiger partial charge in [0.05, 0.1) is 5.71 Å². The molecule has 0 saturated carbocycles. The van der Waals surface area contributed by atoms with Crippen molar-refractivity contribution in [1.82, 2.24) is 5.32 Å². The van der Waals surface area contributed by atoms with Crippen molar-refractivity contribution in [2.24, 2.45) is 5.16 Å². The first kappa shape index (κ1) is 13.5. The average Bonchev–Trinajstić information content (AvgIpc) is 2.88. The molecule has 1 N–H and O–H groups in total. The number of rotatable bonds is 4. The minimum absolute atomic E-state index is 0.0913. The van der Waals surface area contributed by atoms with Gasteiger partial charge in [-0.1, -0.05) is 30.3 Å². The summed E-state index contributed by atoms with van der Waals surface area (Å²) in [5.74, 6) is -0.558. The third-order valence-electron chi connectivity index (χ3n) is 3.15. The Bertz CT molecular complexity index is 502. The number of oxime groups is 1. The Morgan fingerprint density at radius 2 is 2.32 bits per heavy atom. The van der Waals surface area contributed by atoms with Gasteiger partial charge >= 0.3 is 0 Å². The number of hydrogen-bond acceptors (Lipinski definition) is 3. The highest BCUT2D eigenvalue weighted by molar-refractivity contribution is 6.04. The molecule has 1 amide bonds. The molecule has 0 saturated heterocycles. The van der Waals surface area contributed by atoms with E-state index in [1.54, 1.807) is 18.2 Å². The molecule has 1 aromatic rings. The molecule has 1 heterocycles. The molecule has 2 rings (SSSR count). The maximum atomic E-state index is 13.6. The second-order valence-electron chi connectivity index (χ2n) is 4.63. The van der Waals surface area contributed by atoms with Gasteiger partial charge < -0.3 is 10.2 Å². The van der Waals surface area contributed by atoms with Gasteiger partial charge in [-0.2, -0.15) is 0 Å². The molecule has 0 fully saturated rings. The lowest BCUT2D eigenvalue weighted by Crippen LogP contribution is -2.39. The lowest BCUT2D eigenvalue weighted by Gasteiger charge is -2.14. The highest BCUT2D eigenvalue weighted by Gasteiger charge is 2.30. The Kier molecular flexibility index (Phi) is 4.14. The van der Waals surface area contributed by atoms with Gasteiger partial charge in [0.2, 0.25) is 6.10 Å². The average molecular weight is 264 g/mol. The van der Waals surface area contributed by atoms with Gasteiger partial charge in [0.1, 0.15) is 5.82 Å². The first-order valence-electron chi connectivity index (χ1n) is 6.39. The van der Waals surface area contributed by atoms with E-state index in [9.17, 15) is 9.18 Å². The molecule has 4 nitrogen and oxygen atoms in total. The number of carbonyl (C=O) groups is 1. The predicted molar refractivity (Wildman–Crippen MR) is 70.3 cm³/mol. The van der Waals surface area contributed by atoms with E-state index in [2.05, 4.69) is 10.5 Å². The molecule has 0 radical (unpaired) electrons. The topological polar surface area (TPSA) is 50.7 Å². The lowest BCUT2D eigenvalue weighted by molar-refractivity contribution is -0.131. The molecular weight excluding hydrogens is 247 g/mol. The maximum absolute atomic E-state index is 13.6. The lowest BCUT2D eigenvalue weighted by atomic mass is 10.0. The van der Waals surface area contributed by atoms with E-state index >= 15 is 0 Å². The van der Waals surface area contributed by atoms with Crippen LogP contribution < -0.4 is 5.32 Å². The van der Waals surface area contributed by atoms with Crippen LogP contribution >= 0.6 is 0 Å². The van der Waals surface area contributed by atoms with E-state index in [1.165, 1.54) is 6.07 Å². The van der Waals surface area contributed by atoms with Crippen molar-refractivity contribution in [2.45, 2.75) is 38.8 Å². The van der Waals surface area contributed by atoms with Crippen molar-refractivity contribution < 1.29 is 14.0 Å². The molecule has 2 atom stereocenters. The summed E-state index contributed by atoms with van der Waals surface area (Å²) >= 11 is 0. The first-order chi connectivity index (χ1) is 9.11. The number of amides is 1. The third-order valence-corrected chi connectivity index (χ3v) is 3.15. The highest BCUT2D eigenvalue weighted by atomic mass is 19.1. The van der Waals surface area contributed by atoms with Crippen LogP contribution in [0.15, 0.2) is 29.4 Å². The Hall–Kier alpha value is -1.91. The number of benzene rings is 1. The summed E-state index contributed by atoms with van der Waals surface area (Å²) in [6.45, 7) is 3.91. The molecule has 1 aliphatic rings. The molecular formula is C14H17FN2O2. The summed E-state index contributed by atoms with van der Waals surface area (Å²) in [6.07, 6.45) is 0.478. The second-order valence-corrected chi connectivity index (χ2v) is 4.63. The van der Waals surface area contributed by atoms with Crippen LogP contribution in [0, 0.1) is 5.82 Å². The number of halogens is 1. The van der Waals surface area contributed by atoms with Crippen molar-refractivity contribution in [1.29, 1.82) is 0 Å². The number of carbonyl (C=O) groups excluding carboxylic acids is 1. The zero-order chi connectivity index (χ0) is 13.8. The maximum Gasteiger partial charge on any atom is 0.264 e. The molecule has 102 valence electrons. The standard InChI is InChI=1S/C14H17FN2O2/c1-3-9(2)16-14(18)13-8-12(17-19-13)10-6-4-5-7-11(10)15/h4-7,9,13H,3,8H2,1-2H3,(H,16,18)/t9-,13-/m0/s1. The Morgan fingerprint density at radius 3 is 3.00 bits per heavy atom. The molecule has 5 heteroatoms. The molecule has 1 aromatic carbocycles. The Morgan fingerprint density at radius 1 is 1.58 bits per heavy atom. The SMILES string of the molecule is CC[C@H](C)NC(=O)[C@@H]1CC(c2ccccc2F)=NO1. The second kappa shape index (κ2) is 5.82. The summed E-state index contributed by atoms with van der Waals surface area (Å²) in [7, 11) is 0. The van der Waals surface area contributed by atoms with Gasteiger partial charge in [-0.25, -0.2) is 4.39 Å². The van der Waals surface area contributed by atoms with Crippen LogP contribution in [0.2, 0.25) is 0 Å². The van der Waals surface area contributed by atoms with Crippen molar-refractivity contribution in [3.05, 3.63) is 35.6 Å². The largest absolute Gasteiger partial charge is 0.382 e. The molecule has 0 spiro atoms. The zero-order valence-electron chi connectivity index (χ0n) is 11.0. The molecule has 0 aliphatic carbocycles. The normalized spacial score (nSPS) is 19.5. The minimum Gasteiger partial charge on any atom is -0.382 e. The van der Waals surface area contributed by atoms with Crippen LogP contribution in [-0.2, 0) is 9.63 Å². The number of hydrogen-bond donors (Lipinski definition) is 1. The fourth-order valence-electron chi connectivity index (χ4n) is 1.81. The van der Waals surface area contributed by atoms with E-state index in [0.717, 1.165) is 6.42 Å². The summed E-state index contributed by atoms with van der Waals surface area (Å²) in [5, 5.41) is 6.65. The first-order valence-corrected chi connectivity index (χ1v) is 6.39. The monoisotopic (exact) mass is 264 g/mol. The van der Waals surface area contributed by atoms with E-state index in [1.807, 2.05) is 13.8 Å². The molecule has 19 heavy (non-hydrogen) atoms. The van der Waals surface area contributed by atoms with E-state index in [4.69, 9.17) is 4.84 Å². The van der Waals surface area contributed by atoms with Crippen LogP contribution in [0.25, 0.3) is 0 Å². The van der Waals surface area contributed by atoms with Crippen LogP contribution in [0.4, 0.5) is 4.39 Å². The third kappa shape index (κ3) is 3.10. The van der Waals surface area contributed by atoms with Gasteiger partial charge in [-0.3, -0.25) is 4.79 Å². The summed E-state index contributed by atoms with van der Waals surface area (Å²) in [4.78, 5) is 17.0. The summed E-state index contributed by atoms with van der Waals surface area (Å²) < 4.78 is 13.6. The van der Waals surface area contributed by atoms with Crippen molar-refractivity contribution in [3.8, 4) is 0 Å². The van der Waals surface area contributed by atoms with Crippen LogP contribution in [0.5, 0.6) is 0 Å². The van der Waals surface area contributed by atoms with Crippen LogP contribution in [-0.4, -0.2) is 23.8 Å². The van der Waals surface area contributed by atoms with Crippen LogP contribution in [0.3, 0.4) is 0 Å². The van der Waals surface area contributed by atoms with Gasteiger partial charge in [0.25, 0.3) is 5.91 Å². The molecule has 1 aliphatic heterocycles. The Balaban J connectivity index is 2.00. The van der Waals surface area contributed by atoms with Gasteiger partial charge in [0.15, 0.2) is 0 Å². The predicted octanol–water partition coefficient (Wildman–Crippen LogP) is 2.23. The van der Waals surface area contributed by atoms with E-state index < -0.39 is 6.10 Å². The highest BCUT2D eigenvalue weighted by Crippen LogP contribution is 2.19. The Labute approximate surface area is 111 Å². The number of nitrogens with one attached hydrogen (secondary N) is 1. The van der Waals surface area contributed by atoms with Crippen LogP contribution in [0.1, 0.15) is 32.3 Å². The van der Waals surface area contributed by atoms with E-state index in [0.29, 0.717) is 17.7 Å². The zero-order valence-corrected chi connectivity index (χ0v) is 11.0. The van der Waals surface area contributed by atoms with Crippen molar-refractivity contribution >= 4 is 11.6 Å². The van der Waals surface area contributed by atoms with Gasteiger partial charge in [-0.15, -0.1) is 0 Å². The minimum atomic E-state index is -0.663. The van der Waals surface area contributed by atoms with Crippen molar-refractivity contribution in [3.63, 3.8) is 0 Å². The van der Waals surface area contributed by atoms with E-state index in [-0.39, 0.29) is 17.8 Å².